The van der Waals surface area contributed by atoms with Gasteiger partial charge in [0, 0.05) is 49.0 Å². The highest BCUT2D eigenvalue weighted by Crippen LogP contribution is 2.35. The first-order chi connectivity index (χ1) is 11.1. The van der Waals surface area contributed by atoms with E-state index in [0.717, 1.165) is 41.8 Å². The Bertz CT molecular complexity index is 757. The van der Waals surface area contributed by atoms with Crippen LogP contribution in [0.4, 0.5) is 5.69 Å². The van der Waals surface area contributed by atoms with Crippen LogP contribution < -0.4 is 10.2 Å². The Morgan fingerprint density at radius 3 is 3.04 bits per heavy atom. The van der Waals surface area contributed by atoms with Crippen LogP contribution in [0.2, 0.25) is 0 Å². The molecule has 1 saturated heterocycles. The maximum Gasteiger partial charge on any atom is 0.232 e. The molecule has 0 bridgehead atoms. The van der Waals surface area contributed by atoms with E-state index in [0.29, 0.717) is 0 Å². The number of hydrogen-bond acceptors (Lipinski definition) is 3. The van der Waals surface area contributed by atoms with Crippen molar-refractivity contribution in [2.24, 2.45) is 13.0 Å². The van der Waals surface area contributed by atoms with Crippen molar-refractivity contribution in [1.82, 2.24) is 15.1 Å². The number of nitrogens with zero attached hydrogens (tertiary/aromatic N) is 3. The van der Waals surface area contributed by atoms with Gasteiger partial charge in [0.15, 0.2) is 0 Å². The predicted molar refractivity (Wildman–Crippen MR) is 92.5 cm³/mol. The van der Waals surface area contributed by atoms with E-state index in [-0.39, 0.29) is 17.7 Å². The number of amides is 1. The molecule has 1 amide bonds. The molecule has 1 N–H and O–H groups in total. The zero-order chi connectivity index (χ0) is 16.0. The Kier molecular flexibility index (Phi) is 3.73. The molecule has 6 heteroatoms. The van der Waals surface area contributed by atoms with E-state index >= 15 is 0 Å². The lowest BCUT2D eigenvalue weighted by Crippen LogP contribution is -2.37. The molecule has 2 aliphatic rings. The molecule has 0 aliphatic carbocycles. The van der Waals surface area contributed by atoms with Gasteiger partial charge in [0.2, 0.25) is 5.91 Å². The SMILES string of the molecule is Cn1cc([C@H]2CNC[C@@H]2C(=O)N2CCc3ccc(Br)cc32)cn1. The van der Waals surface area contributed by atoms with Crippen LogP contribution in [0.25, 0.3) is 0 Å². The van der Waals surface area contributed by atoms with Gasteiger partial charge in [0.25, 0.3) is 0 Å². The third-order valence-electron chi connectivity index (χ3n) is 4.89. The molecule has 0 unspecified atom stereocenters. The second-order valence-electron chi connectivity index (χ2n) is 6.33. The van der Waals surface area contributed by atoms with Crippen molar-refractivity contribution in [2.75, 3.05) is 24.5 Å². The van der Waals surface area contributed by atoms with Gasteiger partial charge in [-0.15, -0.1) is 0 Å². The molecule has 0 saturated carbocycles. The molecule has 0 spiro atoms. The number of aromatic nitrogens is 2. The van der Waals surface area contributed by atoms with Crippen LogP contribution >= 0.6 is 15.9 Å². The Hall–Kier alpha value is -1.66. The van der Waals surface area contributed by atoms with Crippen LogP contribution in [0.3, 0.4) is 0 Å². The number of aryl methyl sites for hydroxylation is 1. The highest BCUT2D eigenvalue weighted by Gasteiger charge is 2.39. The minimum absolute atomic E-state index is 0.0240. The van der Waals surface area contributed by atoms with Crippen LogP contribution in [0.15, 0.2) is 35.1 Å². The van der Waals surface area contributed by atoms with Crippen molar-refractivity contribution in [3.63, 3.8) is 0 Å². The van der Waals surface area contributed by atoms with Gasteiger partial charge in [-0.3, -0.25) is 9.48 Å². The number of nitrogens with one attached hydrogen (secondary N) is 1. The van der Waals surface area contributed by atoms with Gasteiger partial charge in [0.1, 0.15) is 0 Å². The normalized spacial score (nSPS) is 23.3. The number of anilines is 1. The minimum Gasteiger partial charge on any atom is -0.315 e. The lowest BCUT2D eigenvalue weighted by molar-refractivity contribution is -0.122. The van der Waals surface area contributed by atoms with Gasteiger partial charge in [-0.25, -0.2) is 0 Å². The largest absolute Gasteiger partial charge is 0.315 e. The van der Waals surface area contributed by atoms with E-state index in [1.165, 1.54) is 5.56 Å². The summed E-state index contributed by atoms with van der Waals surface area (Å²) in [5.74, 6) is 0.400. The number of fused-ring (bicyclic) bond motifs is 1. The van der Waals surface area contributed by atoms with Gasteiger partial charge in [-0.2, -0.15) is 5.10 Å². The van der Waals surface area contributed by atoms with Crippen LogP contribution in [-0.4, -0.2) is 35.3 Å². The predicted octanol–water partition coefficient (Wildman–Crippen LogP) is 2.07. The summed E-state index contributed by atoms with van der Waals surface area (Å²) in [6, 6.07) is 6.21. The van der Waals surface area contributed by atoms with Crippen molar-refractivity contribution < 1.29 is 4.79 Å². The number of halogens is 1. The van der Waals surface area contributed by atoms with E-state index in [1.807, 2.05) is 30.4 Å². The average Bonchev–Trinajstić information content (AvgIpc) is 3.24. The Morgan fingerprint density at radius 2 is 2.26 bits per heavy atom. The first-order valence-corrected chi connectivity index (χ1v) is 8.72. The van der Waals surface area contributed by atoms with Crippen LogP contribution in [-0.2, 0) is 18.3 Å². The zero-order valence-corrected chi connectivity index (χ0v) is 14.6. The second kappa shape index (κ2) is 5.76. The monoisotopic (exact) mass is 374 g/mol. The number of hydrogen-bond donors (Lipinski definition) is 1. The summed E-state index contributed by atoms with van der Waals surface area (Å²) >= 11 is 3.52. The van der Waals surface area contributed by atoms with Crippen molar-refractivity contribution in [3.05, 3.63) is 46.2 Å². The summed E-state index contributed by atoms with van der Waals surface area (Å²) in [6.45, 7) is 2.35. The van der Waals surface area contributed by atoms with Crippen molar-refractivity contribution >= 4 is 27.5 Å². The van der Waals surface area contributed by atoms with Gasteiger partial charge in [-0.1, -0.05) is 22.0 Å². The summed E-state index contributed by atoms with van der Waals surface area (Å²) in [5.41, 5.74) is 3.45. The van der Waals surface area contributed by atoms with E-state index in [9.17, 15) is 4.79 Å². The maximum absolute atomic E-state index is 13.2. The lowest BCUT2D eigenvalue weighted by Gasteiger charge is -2.24. The summed E-state index contributed by atoms with van der Waals surface area (Å²) in [4.78, 5) is 15.1. The third-order valence-corrected chi connectivity index (χ3v) is 5.39. The highest BCUT2D eigenvalue weighted by molar-refractivity contribution is 9.10. The molecule has 1 fully saturated rings. The molecular weight excluding hydrogens is 356 g/mol. The zero-order valence-electron chi connectivity index (χ0n) is 13.0. The van der Waals surface area contributed by atoms with E-state index in [4.69, 9.17) is 0 Å². The molecule has 23 heavy (non-hydrogen) atoms. The summed E-state index contributed by atoms with van der Waals surface area (Å²) in [7, 11) is 1.91. The standard InChI is InChI=1S/C17H19BrN4O/c1-21-10-12(7-20-21)14-8-19-9-15(14)17(23)22-5-4-11-2-3-13(18)6-16(11)22/h2-3,6-7,10,14-15,19H,4-5,8-9H2,1H3/t14-,15+/m1/s1. The van der Waals surface area contributed by atoms with Gasteiger partial charge >= 0.3 is 0 Å². The van der Waals surface area contributed by atoms with Crippen molar-refractivity contribution in [2.45, 2.75) is 12.3 Å². The van der Waals surface area contributed by atoms with Gasteiger partial charge in [-0.05, 0) is 29.7 Å². The molecule has 2 aromatic rings. The molecule has 0 radical (unpaired) electrons. The average molecular weight is 375 g/mol. The lowest BCUT2D eigenvalue weighted by atomic mass is 9.90. The first-order valence-electron chi connectivity index (χ1n) is 7.92. The number of rotatable bonds is 2. The fourth-order valence-electron chi connectivity index (χ4n) is 3.70. The third kappa shape index (κ3) is 2.60. The molecule has 5 nitrogen and oxygen atoms in total. The van der Waals surface area contributed by atoms with Gasteiger partial charge in [0.05, 0.1) is 12.1 Å². The van der Waals surface area contributed by atoms with Crippen LogP contribution in [0.1, 0.15) is 17.0 Å². The summed E-state index contributed by atoms with van der Waals surface area (Å²) in [5, 5.41) is 7.63. The summed E-state index contributed by atoms with van der Waals surface area (Å²) < 4.78 is 2.82. The molecule has 2 aliphatic heterocycles. The van der Waals surface area contributed by atoms with E-state index < -0.39 is 0 Å². The highest BCUT2D eigenvalue weighted by atomic mass is 79.9. The fraction of sp³-hybridized carbons (Fsp3) is 0.412. The molecule has 1 aromatic heterocycles. The van der Waals surface area contributed by atoms with E-state index in [1.54, 1.807) is 4.68 Å². The second-order valence-corrected chi connectivity index (χ2v) is 7.25. The first kappa shape index (κ1) is 14.9. The number of carbonyl (C=O) groups excluding carboxylic acids is 1. The van der Waals surface area contributed by atoms with Crippen molar-refractivity contribution in [3.8, 4) is 0 Å². The number of carbonyl (C=O) groups is 1. The van der Waals surface area contributed by atoms with E-state index in [2.05, 4.69) is 38.5 Å². The smallest absolute Gasteiger partial charge is 0.232 e. The molecule has 1 aromatic carbocycles. The van der Waals surface area contributed by atoms with Gasteiger partial charge < -0.3 is 10.2 Å². The quantitative estimate of drug-likeness (QED) is 0.875. The Morgan fingerprint density at radius 1 is 1.39 bits per heavy atom. The van der Waals surface area contributed by atoms with Crippen LogP contribution in [0, 0.1) is 5.92 Å². The molecule has 4 rings (SSSR count). The topological polar surface area (TPSA) is 50.2 Å². The molecule has 120 valence electrons. The molecular formula is C17H19BrN4O. The maximum atomic E-state index is 13.2. The number of benzene rings is 1. The molecule has 3 heterocycles. The van der Waals surface area contributed by atoms with Crippen LogP contribution in [0.5, 0.6) is 0 Å². The Labute approximate surface area is 143 Å². The Balaban J connectivity index is 1.61. The fourth-order valence-corrected chi connectivity index (χ4v) is 4.05. The van der Waals surface area contributed by atoms with Crippen molar-refractivity contribution in [1.29, 1.82) is 0 Å². The minimum atomic E-state index is -0.0240. The summed E-state index contributed by atoms with van der Waals surface area (Å²) in [6.07, 6.45) is 4.84. The molecule has 2 atom stereocenters.